The number of carbonyl (C=O) groups is 1. The molecule has 0 radical (unpaired) electrons. The lowest BCUT2D eigenvalue weighted by Crippen LogP contribution is -2.27. The lowest BCUT2D eigenvalue weighted by molar-refractivity contribution is -0.142. The first-order chi connectivity index (χ1) is 8.10. The van der Waals surface area contributed by atoms with Crippen molar-refractivity contribution in [1.29, 1.82) is 0 Å². The van der Waals surface area contributed by atoms with Gasteiger partial charge in [0.1, 0.15) is 6.61 Å². The van der Waals surface area contributed by atoms with E-state index < -0.39 is 5.97 Å². The van der Waals surface area contributed by atoms with Crippen LogP contribution in [0.4, 0.5) is 0 Å². The van der Waals surface area contributed by atoms with Crippen molar-refractivity contribution in [2.75, 3.05) is 24.7 Å². The van der Waals surface area contributed by atoms with Crippen molar-refractivity contribution in [2.24, 2.45) is 11.7 Å². The molecule has 102 valence electrons. The van der Waals surface area contributed by atoms with Crippen LogP contribution in [0, 0.1) is 5.92 Å². The minimum atomic E-state index is -0.912. The van der Waals surface area contributed by atoms with Crippen molar-refractivity contribution in [3.8, 4) is 0 Å². The quantitative estimate of drug-likeness (QED) is 0.558. The van der Waals surface area contributed by atoms with Crippen molar-refractivity contribution >= 4 is 17.7 Å². The lowest BCUT2D eigenvalue weighted by atomic mass is 10.0. The molecule has 0 saturated carbocycles. The molecule has 5 heteroatoms. The van der Waals surface area contributed by atoms with Gasteiger partial charge >= 0.3 is 5.97 Å². The molecular formula is C12H25NO3S. The van der Waals surface area contributed by atoms with Crippen LogP contribution in [0.1, 0.15) is 33.1 Å². The standard InChI is InChI=1S/C12H25NO3S/c1-3-5-17-9-10(6-11(13)4-2)7-16-8-12(14)15/h10-11H,3-9,13H2,1-2H3,(H,14,15)/t10-,11?/m0/s1. The van der Waals surface area contributed by atoms with Gasteiger partial charge in [-0.3, -0.25) is 0 Å². The predicted molar refractivity (Wildman–Crippen MR) is 72.4 cm³/mol. The monoisotopic (exact) mass is 263 g/mol. The lowest BCUT2D eigenvalue weighted by Gasteiger charge is -2.19. The highest BCUT2D eigenvalue weighted by Gasteiger charge is 2.13. The molecule has 0 aromatic heterocycles. The van der Waals surface area contributed by atoms with Crippen LogP contribution in [0.2, 0.25) is 0 Å². The SMILES string of the molecule is CCCSC[C@H](COCC(=O)O)CC(N)CC. The number of nitrogens with two attached hydrogens (primary N) is 1. The van der Waals surface area contributed by atoms with Gasteiger partial charge in [-0.15, -0.1) is 0 Å². The molecule has 0 rings (SSSR count). The van der Waals surface area contributed by atoms with Crippen molar-refractivity contribution in [3.05, 3.63) is 0 Å². The Labute approximate surface area is 108 Å². The number of aliphatic carboxylic acids is 1. The number of rotatable bonds is 11. The number of thioether (sulfide) groups is 1. The minimum Gasteiger partial charge on any atom is -0.480 e. The number of hydrogen-bond acceptors (Lipinski definition) is 4. The van der Waals surface area contributed by atoms with Gasteiger partial charge < -0.3 is 15.6 Å². The summed E-state index contributed by atoms with van der Waals surface area (Å²) < 4.78 is 5.16. The maximum absolute atomic E-state index is 10.4. The Morgan fingerprint density at radius 3 is 2.71 bits per heavy atom. The van der Waals surface area contributed by atoms with Crippen LogP contribution in [0.15, 0.2) is 0 Å². The van der Waals surface area contributed by atoms with Crippen molar-refractivity contribution in [1.82, 2.24) is 0 Å². The maximum atomic E-state index is 10.4. The first-order valence-electron chi connectivity index (χ1n) is 6.22. The maximum Gasteiger partial charge on any atom is 0.329 e. The van der Waals surface area contributed by atoms with Gasteiger partial charge in [0.05, 0.1) is 6.61 Å². The summed E-state index contributed by atoms with van der Waals surface area (Å²) in [5.74, 6) is 1.59. The molecule has 0 bridgehead atoms. The molecular weight excluding hydrogens is 238 g/mol. The van der Waals surface area contributed by atoms with Crippen LogP contribution in [0.3, 0.4) is 0 Å². The molecule has 0 heterocycles. The number of carboxylic acid groups (broad SMARTS) is 1. The largest absolute Gasteiger partial charge is 0.480 e. The number of carboxylic acids is 1. The molecule has 0 aliphatic heterocycles. The summed E-state index contributed by atoms with van der Waals surface area (Å²) >= 11 is 1.89. The van der Waals surface area contributed by atoms with Gasteiger partial charge in [-0.1, -0.05) is 13.8 Å². The van der Waals surface area contributed by atoms with E-state index >= 15 is 0 Å². The molecule has 0 aromatic rings. The Kier molecular flexibility index (Phi) is 10.7. The fraction of sp³-hybridized carbons (Fsp3) is 0.917. The van der Waals surface area contributed by atoms with Crippen LogP contribution < -0.4 is 5.73 Å². The summed E-state index contributed by atoms with van der Waals surface area (Å²) in [6.45, 7) is 4.51. The van der Waals surface area contributed by atoms with Gasteiger partial charge in [0, 0.05) is 6.04 Å². The summed E-state index contributed by atoms with van der Waals surface area (Å²) in [6.07, 6.45) is 3.02. The molecule has 1 unspecified atom stereocenters. The van der Waals surface area contributed by atoms with Gasteiger partial charge in [0.25, 0.3) is 0 Å². The topological polar surface area (TPSA) is 72.5 Å². The van der Waals surface area contributed by atoms with Crippen LogP contribution >= 0.6 is 11.8 Å². The second-order valence-electron chi connectivity index (χ2n) is 4.25. The Hall–Kier alpha value is -0.260. The fourth-order valence-electron chi connectivity index (χ4n) is 1.49. The van der Waals surface area contributed by atoms with Crippen molar-refractivity contribution in [3.63, 3.8) is 0 Å². The third-order valence-electron chi connectivity index (χ3n) is 2.44. The van der Waals surface area contributed by atoms with E-state index in [9.17, 15) is 4.79 Å². The summed E-state index contributed by atoms with van der Waals surface area (Å²) in [6, 6.07) is 0.190. The van der Waals surface area contributed by atoms with Crippen LogP contribution in [0.5, 0.6) is 0 Å². The van der Waals surface area contributed by atoms with E-state index in [0.717, 1.165) is 30.8 Å². The zero-order valence-electron chi connectivity index (χ0n) is 10.9. The van der Waals surface area contributed by atoms with E-state index in [4.69, 9.17) is 15.6 Å². The van der Waals surface area contributed by atoms with Gasteiger partial charge in [0.2, 0.25) is 0 Å². The van der Waals surface area contributed by atoms with Crippen LogP contribution in [-0.2, 0) is 9.53 Å². The highest BCUT2D eigenvalue weighted by Crippen LogP contribution is 2.16. The third-order valence-corrected chi connectivity index (χ3v) is 3.85. The van der Waals surface area contributed by atoms with E-state index in [1.54, 1.807) is 0 Å². The Morgan fingerprint density at radius 2 is 2.18 bits per heavy atom. The average Bonchev–Trinajstić information content (AvgIpc) is 2.28. The number of hydrogen-bond donors (Lipinski definition) is 2. The average molecular weight is 263 g/mol. The zero-order chi connectivity index (χ0) is 13.1. The Morgan fingerprint density at radius 1 is 1.47 bits per heavy atom. The molecule has 17 heavy (non-hydrogen) atoms. The van der Waals surface area contributed by atoms with Gasteiger partial charge in [-0.05, 0) is 36.7 Å². The van der Waals surface area contributed by atoms with Gasteiger partial charge in [-0.25, -0.2) is 4.79 Å². The Bertz CT molecular complexity index is 202. The molecule has 3 N–H and O–H groups in total. The molecule has 0 amide bonds. The van der Waals surface area contributed by atoms with Gasteiger partial charge in [0.15, 0.2) is 0 Å². The normalized spacial score (nSPS) is 14.5. The van der Waals surface area contributed by atoms with E-state index in [1.165, 1.54) is 0 Å². The van der Waals surface area contributed by atoms with E-state index in [2.05, 4.69) is 13.8 Å². The molecule has 0 aliphatic carbocycles. The smallest absolute Gasteiger partial charge is 0.329 e. The number of ether oxygens (including phenoxy) is 1. The molecule has 0 aromatic carbocycles. The molecule has 0 aliphatic rings. The highest BCUT2D eigenvalue weighted by molar-refractivity contribution is 7.99. The van der Waals surface area contributed by atoms with E-state index in [0.29, 0.717) is 12.5 Å². The van der Waals surface area contributed by atoms with Crippen molar-refractivity contribution in [2.45, 2.75) is 39.2 Å². The first-order valence-corrected chi connectivity index (χ1v) is 7.38. The zero-order valence-corrected chi connectivity index (χ0v) is 11.7. The van der Waals surface area contributed by atoms with Crippen LogP contribution in [-0.4, -0.2) is 41.8 Å². The summed E-state index contributed by atoms with van der Waals surface area (Å²) in [7, 11) is 0. The summed E-state index contributed by atoms with van der Waals surface area (Å²) in [4.78, 5) is 10.4. The van der Waals surface area contributed by atoms with Crippen LogP contribution in [0.25, 0.3) is 0 Å². The predicted octanol–water partition coefficient (Wildman–Crippen LogP) is 1.97. The summed E-state index contributed by atoms with van der Waals surface area (Å²) in [5, 5.41) is 8.51. The second-order valence-corrected chi connectivity index (χ2v) is 5.40. The van der Waals surface area contributed by atoms with Gasteiger partial charge in [-0.2, -0.15) is 11.8 Å². The molecule has 2 atom stereocenters. The highest BCUT2D eigenvalue weighted by atomic mass is 32.2. The molecule has 0 saturated heterocycles. The summed E-state index contributed by atoms with van der Waals surface area (Å²) in [5.41, 5.74) is 5.93. The first kappa shape index (κ1) is 16.7. The molecule has 4 nitrogen and oxygen atoms in total. The molecule has 0 fully saturated rings. The molecule has 0 spiro atoms. The fourth-order valence-corrected chi connectivity index (χ4v) is 2.51. The Balaban J connectivity index is 3.87. The third kappa shape index (κ3) is 10.6. The second kappa shape index (κ2) is 10.9. The van der Waals surface area contributed by atoms with E-state index in [1.807, 2.05) is 11.8 Å². The van der Waals surface area contributed by atoms with Crippen molar-refractivity contribution < 1.29 is 14.6 Å². The minimum absolute atomic E-state index is 0.190. The van der Waals surface area contributed by atoms with E-state index in [-0.39, 0.29) is 12.6 Å².